The number of rotatable bonds is 5. The average Bonchev–Trinajstić information content (AvgIpc) is 3.34. The zero-order valence-corrected chi connectivity index (χ0v) is 17.6. The molecule has 4 rings (SSSR count). The summed E-state index contributed by atoms with van der Waals surface area (Å²) in [5.41, 5.74) is 5.65. The number of carboxylic acids is 2. The van der Waals surface area contributed by atoms with Gasteiger partial charge in [-0.3, -0.25) is 0 Å². The molecule has 4 N–H and O–H groups in total. The van der Waals surface area contributed by atoms with Crippen LogP contribution in [0, 0.1) is 6.92 Å². The molecule has 2 aliphatic rings. The second-order valence-corrected chi connectivity index (χ2v) is 8.42. The number of carboxylic acid groups (broad SMARTS) is 2. The number of nitrogens with zero attached hydrogens (tertiary/aromatic N) is 1. The third kappa shape index (κ3) is 5.40. The Morgan fingerprint density at radius 1 is 1.10 bits per heavy atom. The molecule has 2 aliphatic carbocycles. The SMILES string of the molecule is Cc1ccc2c(c1)c1c(n2CC(O)CNC2CCCC2)CCCC1.O=C(O)C(=O)O. The topological polar surface area (TPSA) is 112 Å². The monoisotopic (exact) mass is 416 g/mol. The van der Waals surface area contributed by atoms with Crippen molar-refractivity contribution in [3.8, 4) is 0 Å². The van der Waals surface area contributed by atoms with Gasteiger partial charge in [0.2, 0.25) is 0 Å². The van der Waals surface area contributed by atoms with E-state index in [1.807, 2.05) is 0 Å². The summed E-state index contributed by atoms with van der Waals surface area (Å²) in [5.74, 6) is -3.65. The van der Waals surface area contributed by atoms with Crippen molar-refractivity contribution in [3.63, 3.8) is 0 Å². The van der Waals surface area contributed by atoms with E-state index < -0.39 is 11.9 Å². The summed E-state index contributed by atoms with van der Waals surface area (Å²) in [5, 5.41) is 30.4. The summed E-state index contributed by atoms with van der Waals surface area (Å²) in [6.45, 7) is 3.60. The van der Waals surface area contributed by atoms with E-state index in [1.165, 1.54) is 72.7 Å². The first-order valence-electron chi connectivity index (χ1n) is 10.8. The normalized spacial score (nSPS) is 17.3. The molecular weight excluding hydrogens is 384 g/mol. The van der Waals surface area contributed by atoms with Crippen LogP contribution in [0.1, 0.15) is 55.3 Å². The molecule has 30 heavy (non-hydrogen) atoms. The Morgan fingerprint density at radius 2 is 1.77 bits per heavy atom. The van der Waals surface area contributed by atoms with Gasteiger partial charge in [-0.25, -0.2) is 9.59 Å². The molecule has 1 unspecified atom stereocenters. The molecule has 7 heteroatoms. The number of carbonyl (C=O) groups is 2. The molecule has 1 aromatic carbocycles. The third-order valence-corrected chi connectivity index (χ3v) is 6.11. The number of fused-ring (bicyclic) bond motifs is 3. The Bertz CT molecular complexity index is 887. The molecule has 0 radical (unpaired) electrons. The van der Waals surface area contributed by atoms with Crippen LogP contribution in [0.3, 0.4) is 0 Å². The number of aliphatic carboxylic acids is 2. The standard InChI is InChI=1S/C21H30N2O.C2H2O4/c1-15-10-11-21-19(12-15)18-8-4-5-9-20(18)23(21)14-17(24)13-22-16-6-2-3-7-16;3-1(4)2(5)6/h10-12,16-17,22,24H,2-9,13-14H2,1H3;(H,3,4)(H,5,6). The summed E-state index contributed by atoms with van der Waals surface area (Å²) in [4.78, 5) is 18.2. The molecule has 7 nitrogen and oxygen atoms in total. The van der Waals surface area contributed by atoms with Crippen molar-refractivity contribution in [2.45, 2.75) is 77.0 Å². The summed E-state index contributed by atoms with van der Waals surface area (Å²) < 4.78 is 2.41. The lowest BCUT2D eigenvalue weighted by molar-refractivity contribution is -0.159. The molecule has 164 valence electrons. The van der Waals surface area contributed by atoms with Crippen LogP contribution in [0.2, 0.25) is 0 Å². The van der Waals surface area contributed by atoms with Gasteiger partial charge in [0.1, 0.15) is 0 Å². The molecule has 2 aromatic rings. The van der Waals surface area contributed by atoms with Crippen molar-refractivity contribution in [1.82, 2.24) is 9.88 Å². The number of hydrogen-bond donors (Lipinski definition) is 4. The fraction of sp³-hybridized carbons (Fsp3) is 0.565. The fourth-order valence-corrected chi connectivity index (χ4v) is 4.67. The minimum Gasteiger partial charge on any atom is -0.473 e. The molecule has 1 fully saturated rings. The highest BCUT2D eigenvalue weighted by Crippen LogP contribution is 2.33. The zero-order valence-electron chi connectivity index (χ0n) is 17.6. The Hall–Kier alpha value is -2.38. The average molecular weight is 417 g/mol. The first-order valence-corrected chi connectivity index (χ1v) is 10.8. The van der Waals surface area contributed by atoms with Crippen molar-refractivity contribution in [1.29, 1.82) is 0 Å². The first-order chi connectivity index (χ1) is 14.4. The lowest BCUT2D eigenvalue weighted by Gasteiger charge is -2.20. The predicted octanol–water partition coefficient (Wildman–Crippen LogP) is 2.88. The van der Waals surface area contributed by atoms with Crippen LogP contribution in [0.5, 0.6) is 0 Å². The molecular formula is C23H32N2O5. The summed E-state index contributed by atoms with van der Waals surface area (Å²) in [7, 11) is 0. The van der Waals surface area contributed by atoms with E-state index in [0.717, 1.165) is 6.42 Å². The second-order valence-electron chi connectivity index (χ2n) is 8.42. The van der Waals surface area contributed by atoms with E-state index >= 15 is 0 Å². The molecule has 0 amide bonds. The van der Waals surface area contributed by atoms with E-state index in [2.05, 4.69) is 35.0 Å². The molecule has 1 saturated carbocycles. The minimum atomic E-state index is -1.82. The highest BCUT2D eigenvalue weighted by molar-refractivity contribution is 6.27. The van der Waals surface area contributed by atoms with Gasteiger partial charge in [0, 0.05) is 29.2 Å². The van der Waals surface area contributed by atoms with Gasteiger partial charge < -0.3 is 25.2 Å². The van der Waals surface area contributed by atoms with Gasteiger partial charge in [-0.15, -0.1) is 0 Å². The van der Waals surface area contributed by atoms with Crippen LogP contribution in [0.15, 0.2) is 18.2 Å². The fourth-order valence-electron chi connectivity index (χ4n) is 4.67. The Balaban J connectivity index is 0.000000377. The Labute approximate surface area is 176 Å². The predicted molar refractivity (Wildman–Crippen MR) is 115 cm³/mol. The Kier molecular flexibility index (Phi) is 7.50. The van der Waals surface area contributed by atoms with Crippen molar-refractivity contribution in [2.75, 3.05) is 6.54 Å². The van der Waals surface area contributed by atoms with E-state index in [9.17, 15) is 5.11 Å². The van der Waals surface area contributed by atoms with E-state index in [-0.39, 0.29) is 6.10 Å². The summed E-state index contributed by atoms with van der Waals surface area (Å²) in [6.07, 6.45) is 9.83. The number of benzene rings is 1. The number of aliphatic hydroxyl groups excluding tert-OH is 1. The van der Waals surface area contributed by atoms with Crippen LogP contribution < -0.4 is 5.32 Å². The molecule has 1 heterocycles. The van der Waals surface area contributed by atoms with Crippen molar-refractivity contribution < 1.29 is 24.9 Å². The number of aromatic nitrogens is 1. The summed E-state index contributed by atoms with van der Waals surface area (Å²) >= 11 is 0. The number of nitrogens with one attached hydrogen (secondary N) is 1. The molecule has 1 atom stereocenters. The molecule has 0 saturated heterocycles. The molecule has 0 spiro atoms. The summed E-state index contributed by atoms with van der Waals surface area (Å²) in [6, 6.07) is 7.41. The number of hydrogen-bond acceptors (Lipinski definition) is 4. The van der Waals surface area contributed by atoms with Crippen molar-refractivity contribution >= 4 is 22.8 Å². The maximum atomic E-state index is 10.6. The van der Waals surface area contributed by atoms with Crippen LogP contribution in [-0.4, -0.2) is 50.5 Å². The lowest BCUT2D eigenvalue weighted by atomic mass is 9.95. The largest absolute Gasteiger partial charge is 0.473 e. The first kappa shape index (κ1) is 22.3. The molecule has 0 bridgehead atoms. The smallest absolute Gasteiger partial charge is 0.414 e. The number of aryl methyl sites for hydroxylation is 2. The van der Waals surface area contributed by atoms with E-state index in [1.54, 1.807) is 0 Å². The van der Waals surface area contributed by atoms with Crippen LogP contribution in [-0.2, 0) is 29.0 Å². The van der Waals surface area contributed by atoms with Crippen LogP contribution in [0.4, 0.5) is 0 Å². The van der Waals surface area contributed by atoms with Gasteiger partial charge in [-0.1, -0.05) is 24.5 Å². The van der Waals surface area contributed by atoms with Gasteiger partial charge in [0.25, 0.3) is 0 Å². The second kappa shape index (κ2) is 10.1. The molecule has 0 aliphatic heterocycles. The van der Waals surface area contributed by atoms with Gasteiger partial charge in [-0.05, 0) is 63.1 Å². The van der Waals surface area contributed by atoms with E-state index in [4.69, 9.17) is 19.8 Å². The maximum absolute atomic E-state index is 10.6. The van der Waals surface area contributed by atoms with Gasteiger partial charge in [0.15, 0.2) is 0 Å². The zero-order chi connectivity index (χ0) is 21.7. The minimum absolute atomic E-state index is 0.312. The Morgan fingerprint density at radius 3 is 2.43 bits per heavy atom. The van der Waals surface area contributed by atoms with Gasteiger partial charge in [0.05, 0.1) is 12.6 Å². The van der Waals surface area contributed by atoms with Crippen LogP contribution >= 0.6 is 0 Å². The highest BCUT2D eigenvalue weighted by Gasteiger charge is 2.22. The van der Waals surface area contributed by atoms with Crippen LogP contribution in [0.25, 0.3) is 10.9 Å². The van der Waals surface area contributed by atoms with Gasteiger partial charge >= 0.3 is 11.9 Å². The number of aliphatic hydroxyl groups is 1. The maximum Gasteiger partial charge on any atom is 0.414 e. The van der Waals surface area contributed by atoms with Gasteiger partial charge in [-0.2, -0.15) is 0 Å². The highest BCUT2D eigenvalue weighted by atomic mass is 16.4. The lowest BCUT2D eigenvalue weighted by Crippen LogP contribution is -2.36. The molecule has 1 aromatic heterocycles. The third-order valence-electron chi connectivity index (χ3n) is 6.11. The van der Waals surface area contributed by atoms with Crippen molar-refractivity contribution in [3.05, 3.63) is 35.0 Å². The van der Waals surface area contributed by atoms with E-state index in [0.29, 0.717) is 19.1 Å². The van der Waals surface area contributed by atoms with Crippen molar-refractivity contribution in [2.24, 2.45) is 0 Å². The quantitative estimate of drug-likeness (QED) is 0.558.